The summed E-state index contributed by atoms with van der Waals surface area (Å²) in [6.45, 7) is 7.36. The summed E-state index contributed by atoms with van der Waals surface area (Å²) in [6.07, 6.45) is 2.39. The lowest BCUT2D eigenvalue weighted by molar-refractivity contribution is 0.0690. The predicted molar refractivity (Wildman–Crippen MR) is 64.4 cm³/mol. The molecule has 3 N–H and O–H groups in total. The Hall–Kier alpha value is -2.04. The Balaban J connectivity index is 2.94. The van der Waals surface area contributed by atoms with E-state index in [0.29, 0.717) is 29.8 Å². The van der Waals surface area contributed by atoms with E-state index in [1.54, 1.807) is 19.9 Å². The Morgan fingerprint density at radius 1 is 1.47 bits per heavy atom. The molecular weight excluding hydrogens is 220 g/mol. The van der Waals surface area contributed by atoms with Crippen LogP contribution in [0.1, 0.15) is 38.5 Å². The summed E-state index contributed by atoms with van der Waals surface area (Å²) in [4.78, 5) is 25.4. The van der Waals surface area contributed by atoms with Crippen LogP contribution in [0.4, 0.5) is 0 Å². The highest BCUT2D eigenvalue weighted by molar-refractivity contribution is 6.00. The van der Waals surface area contributed by atoms with Gasteiger partial charge in [0.05, 0.1) is 5.56 Å². The van der Waals surface area contributed by atoms with Gasteiger partial charge in [0.25, 0.3) is 5.91 Å². The Kier molecular flexibility index (Phi) is 4.09. The van der Waals surface area contributed by atoms with Crippen LogP contribution in [0.5, 0.6) is 0 Å². The number of rotatable bonds is 5. The highest BCUT2D eigenvalue weighted by Crippen LogP contribution is 2.17. The lowest BCUT2D eigenvalue weighted by Crippen LogP contribution is -2.25. The molecule has 0 aliphatic carbocycles. The summed E-state index contributed by atoms with van der Waals surface area (Å²) < 4.78 is 0. The first kappa shape index (κ1) is 13.0. The van der Waals surface area contributed by atoms with E-state index in [4.69, 9.17) is 5.11 Å². The molecule has 1 amide bonds. The van der Waals surface area contributed by atoms with Gasteiger partial charge in [-0.3, -0.25) is 4.79 Å². The second-order valence-electron chi connectivity index (χ2n) is 3.76. The van der Waals surface area contributed by atoms with Crippen LogP contribution in [0.25, 0.3) is 0 Å². The molecule has 0 fully saturated rings. The van der Waals surface area contributed by atoms with Crippen LogP contribution in [-0.4, -0.2) is 28.5 Å². The summed E-state index contributed by atoms with van der Waals surface area (Å²) in [7, 11) is 0. The number of carboxylic acid groups (broad SMARTS) is 1. The van der Waals surface area contributed by atoms with Crippen molar-refractivity contribution in [3.63, 3.8) is 0 Å². The highest BCUT2D eigenvalue weighted by Gasteiger charge is 2.20. The average Bonchev–Trinajstić information content (AvgIpc) is 2.54. The van der Waals surface area contributed by atoms with Crippen LogP contribution in [-0.2, 0) is 0 Å². The SMILES string of the molecule is C=CCCNC(=O)c1c(C)[nH]c(C(=O)O)c1C. The highest BCUT2D eigenvalue weighted by atomic mass is 16.4. The number of carbonyl (C=O) groups excluding carboxylic acids is 1. The fraction of sp³-hybridized carbons (Fsp3) is 0.333. The Labute approximate surface area is 99.5 Å². The van der Waals surface area contributed by atoms with Gasteiger partial charge in [0.15, 0.2) is 0 Å². The predicted octanol–water partition coefficient (Wildman–Crippen LogP) is 1.64. The van der Waals surface area contributed by atoms with Gasteiger partial charge in [-0.25, -0.2) is 4.79 Å². The number of aryl methyl sites for hydroxylation is 1. The molecule has 0 aromatic carbocycles. The molecule has 1 aromatic heterocycles. The van der Waals surface area contributed by atoms with Crippen molar-refractivity contribution in [1.29, 1.82) is 0 Å². The van der Waals surface area contributed by atoms with Gasteiger partial charge in [0, 0.05) is 12.2 Å². The smallest absolute Gasteiger partial charge is 0.352 e. The summed E-state index contributed by atoms with van der Waals surface area (Å²) in [6, 6.07) is 0. The van der Waals surface area contributed by atoms with E-state index in [9.17, 15) is 9.59 Å². The minimum atomic E-state index is -1.06. The van der Waals surface area contributed by atoms with Gasteiger partial charge in [-0.05, 0) is 25.8 Å². The molecule has 17 heavy (non-hydrogen) atoms. The maximum Gasteiger partial charge on any atom is 0.352 e. The molecule has 5 nitrogen and oxygen atoms in total. The minimum Gasteiger partial charge on any atom is -0.477 e. The minimum absolute atomic E-state index is 0.0661. The zero-order valence-corrected chi connectivity index (χ0v) is 9.96. The Morgan fingerprint density at radius 2 is 2.12 bits per heavy atom. The summed E-state index contributed by atoms with van der Waals surface area (Å²) in [5.74, 6) is -1.32. The molecule has 1 rings (SSSR count). The van der Waals surface area contributed by atoms with Gasteiger partial charge in [-0.2, -0.15) is 0 Å². The number of nitrogens with one attached hydrogen (secondary N) is 2. The van der Waals surface area contributed by atoms with Crippen molar-refractivity contribution >= 4 is 11.9 Å². The van der Waals surface area contributed by atoms with Crippen LogP contribution in [0, 0.1) is 13.8 Å². The summed E-state index contributed by atoms with van der Waals surface area (Å²) in [5.41, 5.74) is 1.50. The molecule has 0 saturated heterocycles. The zero-order chi connectivity index (χ0) is 13.0. The fourth-order valence-electron chi connectivity index (χ4n) is 1.68. The quantitative estimate of drug-likeness (QED) is 0.537. The number of carboxylic acids is 1. The van der Waals surface area contributed by atoms with E-state index in [1.165, 1.54) is 0 Å². The Morgan fingerprint density at radius 3 is 2.59 bits per heavy atom. The van der Waals surface area contributed by atoms with Crippen molar-refractivity contribution in [2.45, 2.75) is 20.3 Å². The summed E-state index contributed by atoms with van der Waals surface area (Å²) >= 11 is 0. The van der Waals surface area contributed by atoms with Crippen LogP contribution < -0.4 is 5.32 Å². The van der Waals surface area contributed by atoms with Crippen molar-refractivity contribution in [3.05, 3.63) is 35.2 Å². The molecule has 1 heterocycles. The molecule has 5 heteroatoms. The number of hydrogen-bond acceptors (Lipinski definition) is 2. The van der Waals surface area contributed by atoms with Crippen molar-refractivity contribution < 1.29 is 14.7 Å². The maximum atomic E-state index is 11.8. The fourth-order valence-corrected chi connectivity index (χ4v) is 1.68. The molecule has 0 aliphatic rings. The van der Waals surface area contributed by atoms with E-state index >= 15 is 0 Å². The monoisotopic (exact) mass is 236 g/mol. The van der Waals surface area contributed by atoms with Gasteiger partial charge < -0.3 is 15.4 Å². The van der Waals surface area contributed by atoms with E-state index < -0.39 is 5.97 Å². The van der Waals surface area contributed by atoms with Gasteiger partial charge in [0.1, 0.15) is 5.69 Å². The molecule has 0 radical (unpaired) electrons. The molecule has 0 saturated carbocycles. The van der Waals surface area contributed by atoms with Gasteiger partial charge in [0.2, 0.25) is 0 Å². The number of H-pyrrole nitrogens is 1. The molecule has 0 aliphatic heterocycles. The third-order valence-corrected chi connectivity index (χ3v) is 2.51. The molecule has 1 aromatic rings. The number of hydrogen-bond donors (Lipinski definition) is 3. The third-order valence-electron chi connectivity index (χ3n) is 2.51. The number of carbonyl (C=O) groups is 2. The Bertz CT molecular complexity index is 461. The van der Waals surface area contributed by atoms with Crippen molar-refractivity contribution in [2.24, 2.45) is 0 Å². The largest absolute Gasteiger partial charge is 0.477 e. The van der Waals surface area contributed by atoms with E-state index in [1.807, 2.05) is 0 Å². The van der Waals surface area contributed by atoms with E-state index in [0.717, 1.165) is 0 Å². The van der Waals surface area contributed by atoms with Crippen molar-refractivity contribution in [3.8, 4) is 0 Å². The van der Waals surface area contributed by atoms with Crippen LogP contribution >= 0.6 is 0 Å². The molecule has 0 atom stereocenters. The van der Waals surface area contributed by atoms with Crippen LogP contribution in [0.15, 0.2) is 12.7 Å². The first-order valence-corrected chi connectivity index (χ1v) is 5.30. The number of aromatic nitrogens is 1. The standard InChI is InChI=1S/C12H16N2O3/c1-4-5-6-13-11(15)9-7(2)10(12(16)17)14-8(9)3/h4,14H,1,5-6H2,2-3H3,(H,13,15)(H,16,17). The first-order chi connectivity index (χ1) is 7.99. The van der Waals surface area contributed by atoms with Crippen LogP contribution in [0.3, 0.4) is 0 Å². The zero-order valence-electron chi connectivity index (χ0n) is 9.96. The molecular formula is C12H16N2O3. The number of aromatic amines is 1. The second-order valence-corrected chi connectivity index (χ2v) is 3.76. The van der Waals surface area contributed by atoms with Crippen molar-refractivity contribution in [1.82, 2.24) is 10.3 Å². The lowest BCUT2D eigenvalue weighted by Gasteiger charge is -2.04. The number of aromatic carboxylic acids is 1. The van der Waals surface area contributed by atoms with Crippen LogP contribution in [0.2, 0.25) is 0 Å². The lowest BCUT2D eigenvalue weighted by atomic mass is 10.1. The average molecular weight is 236 g/mol. The van der Waals surface area contributed by atoms with E-state index in [-0.39, 0.29) is 11.6 Å². The molecule has 0 bridgehead atoms. The topological polar surface area (TPSA) is 82.2 Å². The normalized spacial score (nSPS) is 10.0. The van der Waals surface area contributed by atoms with E-state index in [2.05, 4.69) is 16.9 Å². The van der Waals surface area contributed by atoms with Gasteiger partial charge in [-0.15, -0.1) is 6.58 Å². The maximum absolute atomic E-state index is 11.8. The summed E-state index contributed by atoms with van der Waals surface area (Å²) in [5, 5.41) is 11.6. The molecule has 92 valence electrons. The second kappa shape index (κ2) is 5.34. The van der Waals surface area contributed by atoms with Gasteiger partial charge in [-0.1, -0.05) is 6.08 Å². The molecule has 0 spiro atoms. The van der Waals surface area contributed by atoms with Crippen molar-refractivity contribution in [2.75, 3.05) is 6.54 Å². The third kappa shape index (κ3) is 2.75. The molecule has 0 unspecified atom stereocenters. The first-order valence-electron chi connectivity index (χ1n) is 5.30. The van der Waals surface area contributed by atoms with Gasteiger partial charge >= 0.3 is 5.97 Å². The number of amides is 1.